The maximum absolute atomic E-state index is 11.0. The van der Waals surface area contributed by atoms with Crippen LogP contribution in [0.3, 0.4) is 0 Å². The molecule has 0 aliphatic heterocycles. The minimum Gasteiger partial charge on any atom is -0.271 e. The second kappa shape index (κ2) is 6.50. The van der Waals surface area contributed by atoms with Crippen LogP contribution in [0.15, 0.2) is 47.6 Å². The lowest BCUT2D eigenvalue weighted by Gasteiger charge is -2.05. The molecule has 2 aromatic rings. The van der Waals surface area contributed by atoms with Gasteiger partial charge in [-0.1, -0.05) is 29.8 Å². The molecule has 0 bridgehead atoms. The molecule has 2 aromatic carbocycles. The summed E-state index contributed by atoms with van der Waals surface area (Å²) in [4.78, 5) is 10.5. The summed E-state index contributed by atoms with van der Waals surface area (Å²) in [6.07, 6.45) is 0. The van der Waals surface area contributed by atoms with Gasteiger partial charge < -0.3 is 0 Å². The molecule has 2 rings (SSSR count). The van der Waals surface area contributed by atoms with Crippen LogP contribution in [0.4, 0.5) is 11.4 Å². The molecule has 0 radical (unpaired) electrons. The van der Waals surface area contributed by atoms with Crippen LogP contribution in [0, 0.1) is 28.4 Å². The van der Waals surface area contributed by atoms with Crippen LogP contribution in [-0.2, 0) is 0 Å². The van der Waals surface area contributed by atoms with E-state index in [1.165, 1.54) is 18.2 Å². The number of nitrogens with zero attached hydrogens (tertiary/aromatic N) is 3. The molecule has 6 heteroatoms. The molecule has 0 fully saturated rings. The summed E-state index contributed by atoms with van der Waals surface area (Å²) in [7, 11) is 0. The Hall–Kier alpha value is -3.20. The van der Waals surface area contributed by atoms with E-state index in [4.69, 9.17) is 5.26 Å². The van der Waals surface area contributed by atoms with Crippen LogP contribution < -0.4 is 5.43 Å². The number of hydrazone groups is 1. The summed E-state index contributed by atoms with van der Waals surface area (Å²) in [5.41, 5.74) is 5.77. The molecule has 0 amide bonds. The standard InChI is InChI=1S/C16H14N4O2/c1-11-3-6-14(7-4-11)12(2)18-19-15-8-5-13(10-17)9-16(15)20(21)22/h3-9,19H,1-2H3/b18-12-. The quantitative estimate of drug-likeness (QED) is 0.529. The normalized spacial score (nSPS) is 10.9. The predicted octanol–water partition coefficient (Wildman–Crippen LogP) is 3.61. The van der Waals surface area contributed by atoms with Crippen LogP contribution in [-0.4, -0.2) is 10.6 Å². The number of hydrogen-bond donors (Lipinski definition) is 1. The molecule has 0 spiro atoms. The molecule has 110 valence electrons. The van der Waals surface area contributed by atoms with E-state index in [-0.39, 0.29) is 16.9 Å². The first-order chi connectivity index (χ1) is 10.5. The second-order valence-electron chi connectivity index (χ2n) is 4.78. The number of aryl methyl sites for hydroxylation is 1. The van der Waals surface area contributed by atoms with Crippen molar-refractivity contribution < 1.29 is 4.92 Å². The highest BCUT2D eigenvalue weighted by Gasteiger charge is 2.14. The molecule has 0 saturated carbocycles. The number of nitrogens with one attached hydrogen (secondary N) is 1. The number of anilines is 1. The lowest BCUT2D eigenvalue weighted by molar-refractivity contribution is -0.384. The second-order valence-corrected chi connectivity index (χ2v) is 4.78. The molecule has 0 atom stereocenters. The van der Waals surface area contributed by atoms with E-state index in [1.54, 1.807) is 0 Å². The van der Waals surface area contributed by atoms with Crippen LogP contribution in [0.5, 0.6) is 0 Å². The van der Waals surface area contributed by atoms with Crippen molar-refractivity contribution in [2.75, 3.05) is 5.43 Å². The van der Waals surface area contributed by atoms with Crippen molar-refractivity contribution in [3.05, 3.63) is 69.3 Å². The minimum atomic E-state index is -0.542. The summed E-state index contributed by atoms with van der Waals surface area (Å²) in [5.74, 6) is 0. The molecule has 1 N–H and O–H groups in total. The van der Waals surface area contributed by atoms with Crippen molar-refractivity contribution in [3.8, 4) is 6.07 Å². The first kappa shape index (κ1) is 15.2. The summed E-state index contributed by atoms with van der Waals surface area (Å²) in [6.45, 7) is 3.81. The van der Waals surface area contributed by atoms with Crippen molar-refractivity contribution >= 4 is 17.1 Å². The lowest BCUT2D eigenvalue weighted by Crippen LogP contribution is -2.02. The van der Waals surface area contributed by atoms with E-state index < -0.39 is 4.92 Å². The third-order valence-corrected chi connectivity index (χ3v) is 3.14. The fourth-order valence-electron chi connectivity index (χ4n) is 1.85. The molecule has 22 heavy (non-hydrogen) atoms. The number of rotatable bonds is 4. The van der Waals surface area contributed by atoms with E-state index in [2.05, 4.69) is 10.5 Å². The maximum atomic E-state index is 11.0. The van der Waals surface area contributed by atoms with Gasteiger partial charge in [-0.3, -0.25) is 15.5 Å². The largest absolute Gasteiger partial charge is 0.295 e. The van der Waals surface area contributed by atoms with E-state index in [9.17, 15) is 10.1 Å². The van der Waals surface area contributed by atoms with Crippen LogP contribution >= 0.6 is 0 Å². The Labute approximate surface area is 127 Å². The summed E-state index contributed by atoms with van der Waals surface area (Å²) >= 11 is 0. The molecule has 0 aromatic heterocycles. The van der Waals surface area contributed by atoms with Crippen molar-refractivity contribution in [2.45, 2.75) is 13.8 Å². The Balaban J connectivity index is 2.27. The monoisotopic (exact) mass is 294 g/mol. The number of benzene rings is 2. The molecule has 0 aliphatic carbocycles. The Kier molecular flexibility index (Phi) is 4.49. The van der Waals surface area contributed by atoms with Gasteiger partial charge in [0, 0.05) is 6.07 Å². The Morgan fingerprint density at radius 1 is 1.27 bits per heavy atom. The Bertz CT molecular complexity index is 774. The zero-order valence-electron chi connectivity index (χ0n) is 12.2. The third kappa shape index (κ3) is 3.46. The summed E-state index contributed by atoms with van der Waals surface area (Å²) in [5, 5.41) is 24.0. The Morgan fingerprint density at radius 2 is 1.95 bits per heavy atom. The van der Waals surface area contributed by atoms with E-state index in [0.29, 0.717) is 5.71 Å². The van der Waals surface area contributed by atoms with Crippen molar-refractivity contribution in [1.82, 2.24) is 0 Å². The molecular formula is C16H14N4O2. The highest BCUT2D eigenvalue weighted by Crippen LogP contribution is 2.25. The van der Waals surface area contributed by atoms with Crippen molar-refractivity contribution in [2.24, 2.45) is 5.10 Å². The summed E-state index contributed by atoms with van der Waals surface area (Å²) in [6, 6.07) is 13.9. The smallest absolute Gasteiger partial charge is 0.271 e. The highest BCUT2D eigenvalue weighted by atomic mass is 16.6. The summed E-state index contributed by atoms with van der Waals surface area (Å²) < 4.78 is 0. The number of nitriles is 1. The predicted molar refractivity (Wildman–Crippen MR) is 84.8 cm³/mol. The van der Waals surface area contributed by atoms with Gasteiger partial charge >= 0.3 is 0 Å². The Morgan fingerprint density at radius 3 is 2.55 bits per heavy atom. The van der Waals surface area contributed by atoms with Gasteiger partial charge in [0.1, 0.15) is 5.69 Å². The van der Waals surface area contributed by atoms with Gasteiger partial charge in [0.05, 0.1) is 22.3 Å². The van der Waals surface area contributed by atoms with Gasteiger partial charge in [0.25, 0.3) is 5.69 Å². The minimum absolute atomic E-state index is 0.181. The molecule has 0 aliphatic rings. The topological polar surface area (TPSA) is 91.3 Å². The number of nitro groups is 1. The average Bonchev–Trinajstić information content (AvgIpc) is 2.53. The zero-order chi connectivity index (χ0) is 16.1. The van der Waals surface area contributed by atoms with E-state index in [0.717, 1.165) is 11.1 Å². The molecular weight excluding hydrogens is 280 g/mol. The van der Waals surface area contributed by atoms with Gasteiger partial charge in [-0.15, -0.1) is 0 Å². The first-order valence-corrected chi connectivity index (χ1v) is 6.57. The fraction of sp³-hybridized carbons (Fsp3) is 0.125. The maximum Gasteiger partial charge on any atom is 0.295 e. The van der Waals surface area contributed by atoms with Crippen molar-refractivity contribution in [3.63, 3.8) is 0 Å². The van der Waals surface area contributed by atoms with E-state index in [1.807, 2.05) is 44.2 Å². The molecule has 0 heterocycles. The first-order valence-electron chi connectivity index (χ1n) is 6.57. The molecule has 0 unspecified atom stereocenters. The van der Waals surface area contributed by atoms with Gasteiger partial charge in [-0.05, 0) is 31.5 Å². The lowest BCUT2D eigenvalue weighted by atomic mass is 10.1. The number of hydrogen-bond acceptors (Lipinski definition) is 5. The zero-order valence-corrected chi connectivity index (χ0v) is 12.2. The van der Waals surface area contributed by atoms with Crippen LogP contribution in [0.1, 0.15) is 23.6 Å². The van der Waals surface area contributed by atoms with Gasteiger partial charge in [-0.25, -0.2) is 0 Å². The van der Waals surface area contributed by atoms with E-state index >= 15 is 0 Å². The van der Waals surface area contributed by atoms with Gasteiger partial charge in [-0.2, -0.15) is 10.4 Å². The van der Waals surface area contributed by atoms with Crippen molar-refractivity contribution in [1.29, 1.82) is 5.26 Å². The number of nitro benzene ring substituents is 1. The molecule has 0 saturated heterocycles. The molecule has 6 nitrogen and oxygen atoms in total. The average molecular weight is 294 g/mol. The third-order valence-electron chi connectivity index (χ3n) is 3.14. The fourth-order valence-corrected chi connectivity index (χ4v) is 1.85. The SMILES string of the molecule is C/C(=N/Nc1ccc(C#N)cc1[N+](=O)[O-])c1ccc(C)cc1. The highest BCUT2D eigenvalue weighted by molar-refractivity contribution is 5.99. The van der Waals surface area contributed by atoms with Gasteiger partial charge in [0.15, 0.2) is 0 Å². The van der Waals surface area contributed by atoms with Gasteiger partial charge in [0.2, 0.25) is 0 Å². The van der Waals surface area contributed by atoms with Crippen LogP contribution in [0.2, 0.25) is 0 Å². The van der Waals surface area contributed by atoms with Crippen LogP contribution in [0.25, 0.3) is 0 Å².